The van der Waals surface area contributed by atoms with Gasteiger partial charge in [0.2, 0.25) is 0 Å². The second-order valence-electron chi connectivity index (χ2n) is 8.73. The van der Waals surface area contributed by atoms with Crippen LogP contribution in [0.15, 0.2) is 47.3 Å². The van der Waals surface area contributed by atoms with Gasteiger partial charge >= 0.3 is 0 Å². The molecule has 5 aromatic rings. The molecule has 8 nitrogen and oxygen atoms in total. The van der Waals surface area contributed by atoms with E-state index in [4.69, 9.17) is 21.7 Å². The summed E-state index contributed by atoms with van der Waals surface area (Å²) in [5.74, 6) is 1.65. The number of fused-ring (bicyclic) bond motifs is 2. The summed E-state index contributed by atoms with van der Waals surface area (Å²) in [7, 11) is 2.17. The van der Waals surface area contributed by atoms with Crippen molar-refractivity contribution in [2.75, 3.05) is 30.8 Å². The summed E-state index contributed by atoms with van der Waals surface area (Å²) in [5.41, 5.74) is 5.48. The van der Waals surface area contributed by atoms with E-state index in [2.05, 4.69) is 49.4 Å². The van der Waals surface area contributed by atoms with Crippen LogP contribution in [0.5, 0.6) is 0 Å². The largest absolute Gasteiger partial charge is 0.375 e. The van der Waals surface area contributed by atoms with E-state index in [1.165, 1.54) is 0 Å². The van der Waals surface area contributed by atoms with Crippen molar-refractivity contribution >= 4 is 51.1 Å². The molecule has 6 rings (SSSR count). The Kier molecular flexibility index (Phi) is 5.60. The number of aromatic nitrogens is 5. The number of nitrogens with one attached hydrogen (secondary N) is 3. The van der Waals surface area contributed by atoms with E-state index in [9.17, 15) is 0 Å². The number of likely N-dealkylation sites (tertiary alicyclic amines) is 1. The Hall–Kier alpha value is -3.14. The third-order valence-corrected chi connectivity index (χ3v) is 7.32. The molecule has 3 N–H and O–H groups in total. The highest BCUT2D eigenvalue weighted by Crippen LogP contribution is 2.28. The molecule has 1 fully saturated rings. The van der Waals surface area contributed by atoms with E-state index < -0.39 is 0 Å². The predicted molar refractivity (Wildman–Crippen MR) is 139 cm³/mol. The quantitative estimate of drug-likeness (QED) is 0.305. The van der Waals surface area contributed by atoms with Crippen LogP contribution in [0.4, 0.5) is 11.5 Å². The van der Waals surface area contributed by atoms with Crippen LogP contribution in [0, 0.1) is 0 Å². The zero-order chi connectivity index (χ0) is 23.1. The summed E-state index contributed by atoms with van der Waals surface area (Å²) < 4.78 is 1.93. The van der Waals surface area contributed by atoms with Crippen molar-refractivity contribution in [3.63, 3.8) is 0 Å². The summed E-state index contributed by atoms with van der Waals surface area (Å²) in [6.45, 7) is 2.69. The Balaban J connectivity index is 1.33. The average Bonchev–Trinajstić information content (AvgIpc) is 3.58. The normalized spacial score (nSPS) is 15.4. The Morgan fingerprint density at radius 2 is 2.12 bits per heavy atom. The van der Waals surface area contributed by atoms with E-state index in [1.54, 1.807) is 11.3 Å². The molecule has 34 heavy (non-hydrogen) atoms. The molecule has 0 aliphatic carbocycles. The first-order valence-corrected chi connectivity index (χ1v) is 12.7. The van der Waals surface area contributed by atoms with Crippen molar-refractivity contribution in [2.24, 2.45) is 0 Å². The van der Waals surface area contributed by atoms with Gasteiger partial charge in [-0.25, -0.2) is 14.5 Å². The zero-order valence-electron chi connectivity index (χ0n) is 18.8. The zero-order valence-corrected chi connectivity index (χ0v) is 20.3. The number of hydrogen-bond donors (Lipinski definition) is 3. The molecule has 4 aromatic heterocycles. The number of imidazole rings is 2. The number of H-pyrrole nitrogens is 1. The van der Waals surface area contributed by atoms with Crippen molar-refractivity contribution in [3.8, 4) is 11.3 Å². The number of anilines is 2. The Bertz CT molecular complexity index is 1430. The van der Waals surface area contributed by atoms with Gasteiger partial charge in [0, 0.05) is 23.1 Å². The van der Waals surface area contributed by atoms with E-state index in [0.29, 0.717) is 17.6 Å². The van der Waals surface area contributed by atoms with Crippen LogP contribution in [0.3, 0.4) is 0 Å². The third-order valence-electron chi connectivity index (χ3n) is 6.32. The van der Waals surface area contributed by atoms with Crippen LogP contribution in [-0.4, -0.2) is 55.6 Å². The molecule has 0 saturated carbocycles. The predicted octanol–water partition coefficient (Wildman–Crippen LogP) is 5.11. The lowest BCUT2D eigenvalue weighted by molar-refractivity contribution is 0.263. The van der Waals surface area contributed by atoms with Gasteiger partial charge in [0.15, 0.2) is 5.65 Å². The maximum atomic E-state index is 6.32. The fourth-order valence-corrected chi connectivity index (χ4v) is 5.31. The maximum Gasteiger partial charge on any atom is 0.177 e. The standard InChI is InChI=1S/C24H25ClN8S/c1-32-8-5-16(6-9-32)28-21-11-19(24-27-12-20(33(24)31-21)15-7-10-34-14-15)26-13-22-29-18-4-2-3-17(25)23(18)30-22/h2-4,7,10-12,14,16,26H,5-6,8-9,13H2,1H3,(H,28,31)(H,29,30). The van der Waals surface area contributed by atoms with E-state index in [-0.39, 0.29) is 0 Å². The number of hydrogen-bond acceptors (Lipinski definition) is 7. The lowest BCUT2D eigenvalue weighted by atomic mass is 10.1. The maximum absolute atomic E-state index is 6.32. The number of halogens is 1. The van der Waals surface area contributed by atoms with Crippen LogP contribution in [0.1, 0.15) is 18.7 Å². The molecule has 1 aliphatic heterocycles. The fourth-order valence-electron chi connectivity index (χ4n) is 4.45. The van der Waals surface area contributed by atoms with Gasteiger partial charge < -0.3 is 20.5 Å². The van der Waals surface area contributed by atoms with Gasteiger partial charge in [0.05, 0.1) is 40.2 Å². The summed E-state index contributed by atoms with van der Waals surface area (Å²) in [5, 5.41) is 17.0. The van der Waals surface area contributed by atoms with Gasteiger partial charge in [-0.15, -0.1) is 5.10 Å². The topological polar surface area (TPSA) is 86.2 Å². The fraction of sp³-hybridized carbons (Fsp3) is 0.292. The number of benzene rings is 1. The van der Waals surface area contributed by atoms with Crippen LogP contribution in [-0.2, 0) is 6.54 Å². The summed E-state index contributed by atoms with van der Waals surface area (Å²) in [4.78, 5) is 15.1. The van der Waals surface area contributed by atoms with Gasteiger partial charge in [-0.3, -0.25) is 0 Å². The van der Waals surface area contributed by atoms with Crippen LogP contribution in [0.2, 0.25) is 5.02 Å². The van der Waals surface area contributed by atoms with Gasteiger partial charge in [-0.2, -0.15) is 11.3 Å². The van der Waals surface area contributed by atoms with E-state index in [1.807, 2.05) is 35.0 Å². The molecule has 1 aliphatic rings. The van der Waals surface area contributed by atoms with Crippen molar-refractivity contribution in [1.82, 2.24) is 29.5 Å². The summed E-state index contributed by atoms with van der Waals surface area (Å²) in [6.07, 6.45) is 4.08. The molecule has 1 aromatic carbocycles. The number of rotatable bonds is 6. The molecule has 10 heteroatoms. The second-order valence-corrected chi connectivity index (χ2v) is 9.91. The summed E-state index contributed by atoms with van der Waals surface area (Å²) in [6, 6.07) is 10.3. The van der Waals surface area contributed by atoms with E-state index >= 15 is 0 Å². The molecule has 1 saturated heterocycles. The monoisotopic (exact) mass is 492 g/mol. The van der Waals surface area contributed by atoms with Crippen LogP contribution >= 0.6 is 22.9 Å². The molecule has 5 heterocycles. The van der Waals surface area contributed by atoms with Gasteiger partial charge in [0.1, 0.15) is 11.6 Å². The SMILES string of the molecule is CN1CCC(Nc2cc(NCc3nc4cccc(Cl)c4[nH]3)c3ncc(-c4ccsc4)n3n2)CC1. The van der Waals surface area contributed by atoms with Crippen molar-refractivity contribution in [2.45, 2.75) is 25.4 Å². The van der Waals surface area contributed by atoms with Crippen molar-refractivity contribution < 1.29 is 0 Å². The number of piperidine rings is 1. The molecule has 0 unspecified atom stereocenters. The minimum Gasteiger partial charge on any atom is -0.375 e. The van der Waals surface area contributed by atoms with Gasteiger partial charge in [0.25, 0.3) is 0 Å². The Labute approximate surface area is 206 Å². The molecule has 174 valence electrons. The Morgan fingerprint density at radius 1 is 1.24 bits per heavy atom. The highest BCUT2D eigenvalue weighted by molar-refractivity contribution is 7.08. The molecule has 0 amide bonds. The molecule has 0 spiro atoms. The minimum absolute atomic E-state index is 0.402. The smallest absolute Gasteiger partial charge is 0.177 e. The minimum atomic E-state index is 0.402. The molecule has 0 atom stereocenters. The molecular formula is C24H25ClN8S. The third kappa shape index (κ3) is 4.11. The first-order chi connectivity index (χ1) is 16.6. The number of para-hydroxylation sites is 1. The average molecular weight is 493 g/mol. The number of aromatic amines is 1. The number of nitrogens with zero attached hydrogens (tertiary/aromatic N) is 5. The molecular weight excluding hydrogens is 468 g/mol. The lowest BCUT2D eigenvalue weighted by Gasteiger charge is -2.29. The lowest BCUT2D eigenvalue weighted by Crippen LogP contribution is -2.37. The highest BCUT2D eigenvalue weighted by atomic mass is 35.5. The Morgan fingerprint density at radius 3 is 2.91 bits per heavy atom. The molecule has 0 bridgehead atoms. The molecule has 0 radical (unpaired) electrons. The van der Waals surface area contributed by atoms with Gasteiger partial charge in [-0.1, -0.05) is 17.7 Å². The van der Waals surface area contributed by atoms with E-state index in [0.717, 1.165) is 71.2 Å². The van der Waals surface area contributed by atoms with Crippen LogP contribution < -0.4 is 10.6 Å². The van der Waals surface area contributed by atoms with Gasteiger partial charge in [-0.05, 0) is 56.6 Å². The number of thiophene rings is 1. The van der Waals surface area contributed by atoms with Crippen molar-refractivity contribution in [3.05, 3.63) is 58.1 Å². The highest BCUT2D eigenvalue weighted by Gasteiger charge is 2.19. The summed E-state index contributed by atoms with van der Waals surface area (Å²) >= 11 is 7.98. The van der Waals surface area contributed by atoms with Crippen molar-refractivity contribution in [1.29, 1.82) is 0 Å². The first-order valence-electron chi connectivity index (χ1n) is 11.4. The second kappa shape index (κ2) is 8.90. The van der Waals surface area contributed by atoms with Crippen LogP contribution in [0.25, 0.3) is 27.9 Å². The first kappa shape index (κ1) is 21.4.